The van der Waals surface area contributed by atoms with Crippen molar-refractivity contribution in [2.24, 2.45) is 0 Å². The Labute approximate surface area is 101 Å². The average Bonchev–Trinajstić information content (AvgIpc) is 2.37. The molecule has 3 heteroatoms. The zero-order valence-corrected chi connectivity index (χ0v) is 9.87. The molecule has 0 bridgehead atoms. The van der Waals surface area contributed by atoms with E-state index in [1.165, 1.54) is 0 Å². The molecule has 0 fully saturated rings. The molecular weight excluding hydrogens is 212 g/mol. The van der Waals surface area contributed by atoms with Gasteiger partial charge in [-0.05, 0) is 43.0 Å². The van der Waals surface area contributed by atoms with Crippen LogP contribution in [-0.4, -0.2) is 15.1 Å². The lowest BCUT2D eigenvalue weighted by atomic mass is 10.0. The van der Waals surface area contributed by atoms with Crippen molar-refractivity contribution < 1.29 is 5.11 Å². The molecule has 0 spiro atoms. The molecule has 1 N–H and O–H groups in total. The molecule has 1 atom stereocenters. The summed E-state index contributed by atoms with van der Waals surface area (Å²) in [6.07, 6.45) is 6.25. The Morgan fingerprint density at radius 2 is 2.18 bits per heavy atom. The summed E-state index contributed by atoms with van der Waals surface area (Å²) >= 11 is 0. The van der Waals surface area contributed by atoms with Crippen LogP contribution in [0, 0.1) is 6.92 Å². The summed E-state index contributed by atoms with van der Waals surface area (Å²) in [7, 11) is 0. The highest BCUT2D eigenvalue weighted by Gasteiger charge is 2.08. The Bertz CT molecular complexity index is 471. The molecule has 0 radical (unpaired) electrons. The monoisotopic (exact) mass is 228 g/mol. The van der Waals surface area contributed by atoms with E-state index in [0.717, 1.165) is 23.2 Å². The lowest BCUT2D eigenvalue weighted by Crippen LogP contribution is -2.01. The van der Waals surface area contributed by atoms with E-state index in [2.05, 4.69) is 9.97 Å². The molecule has 17 heavy (non-hydrogen) atoms. The zero-order chi connectivity index (χ0) is 12.1. The van der Waals surface area contributed by atoms with Crippen molar-refractivity contribution in [3.63, 3.8) is 0 Å². The van der Waals surface area contributed by atoms with Crippen LogP contribution in [0.1, 0.15) is 29.3 Å². The van der Waals surface area contributed by atoms with Gasteiger partial charge in [-0.2, -0.15) is 0 Å². The van der Waals surface area contributed by atoms with Gasteiger partial charge in [-0.3, -0.25) is 9.97 Å². The molecule has 0 aromatic carbocycles. The van der Waals surface area contributed by atoms with Crippen molar-refractivity contribution in [3.8, 4) is 0 Å². The predicted octanol–water partition coefficient (Wildman–Crippen LogP) is 2.45. The topological polar surface area (TPSA) is 46.0 Å². The number of aromatic nitrogens is 2. The molecule has 3 nitrogen and oxygen atoms in total. The third-order valence-electron chi connectivity index (χ3n) is 2.68. The Kier molecular flexibility index (Phi) is 3.83. The minimum atomic E-state index is -0.468. The maximum absolute atomic E-state index is 10.0. The van der Waals surface area contributed by atoms with Gasteiger partial charge < -0.3 is 5.11 Å². The Morgan fingerprint density at radius 1 is 1.29 bits per heavy atom. The van der Waals surface area contributed by atoms with E-state index >= 15 is 0 Å². The molecule has 2 rings (SSSR count). The number of hydrogen-bond donors (Lipinski definition) is 1. The number of aliphatic hydroxyl groups excluding tert-OH is 1. The number of aryl methyl sites for hydroxylation is 2. The van der Waals surface area contributed by atoms with E-state index in [-0.39, 0.29) is 0 Å². The molecule has 0 aliphatic carbocycles. The van der Waals surface area contributed by atoms with E-state index < -0.39 is 6.10 Å². The van der Waals surface area contributed by atoms with Crippen LogP contribution in [0.3, 0.4) is 0 Å². The number of aliphatic hydroxyl groups is 1. The summed E-state index contributed by atoms with van der Waals surface area (Å²) in [6.45, 7) is 1.97. The van der Waals surface area contributed by atoms with Crippen LogP contribution < -0.4 is 0 Å². The first kappa shape index (κ1) is 11.7. The van der Waals surface area contributed by atoms with Crippen molar-refractivity contribution in [2.75, 3.05) is 0 Å². The fourth-order valence-electron chi connectivity index (χ4n) is 1.76. The highest BCUT2D eigenvalue weighted by atomic mass is 16.3. The van der Waals surface area contributed by atoms with Gasteiger partial charge in [0.15, 0.2) is 0 Å². The normalized spacial score (nSPS) is 12.4. The first-order chi connectivity index (χ1) is 8.25. The molecule has 2 aromatic heterocycles. The SMILES string of the molecule is Cc1cncc(C(O)CCc2ccccn2)c1. The summed E-state index contributed by atoms with van der Waals surface area (Å²) < 4.78 is 0. The Balaban J connectivity index is 1.96. The van der Waals surface area contributed by atoms with Crippen LogP contribution in [0.15, 0.2) is 42.9 Å². The largest absolute Gasteiger partial charge is 0.388 e. The van der Waals surface area contributed by atoms with Crippen LogP contribution in [0.25, 0.3) is 0 Å². The molecule has 1 unspecified atom stereocenters. The van der Waals surface area contributed by atoms with E-state index in [4.69, 9.17) is 0 Å². The van der Waals surface area contributed by atoms with Crippen molar-refractivity contribution in [3.05, 3.63) is 59.7 Å². The third-order valence-corrected chi connectivity index (χ3v) is 2.68. The molecule has 88 valence electrons. The second kappa shape index (κ2) is 5.55. The van der Waals surface area contributed by atoms with Gasteiger partial charge in [0.2, 0.25) is 0 Å². The number of hydrogen-bond acceptors (Lipinski definition) is 3. The molecule has 0 saturated heterocycles. The molecule has 0 aliphatic rings. The van der Waals surface area contributed by atoms with Gasteiger partial charge in [-0.25, -0.2) is 0 Å². The van der Waals surface area contributed by atoms with Gasteiger partial charge in [-0.1, -0.05) is 12.1 Å². The summed E-state index contributed by atoms with van der Waals surface area (Å²) in [4.78, 5) is 8.32. The van der Waals surface area contributed by atoms with Crippen LogP contribution in [-0.2, 0) is 6.42 Å². The second-order valence-electron chi connectivity index (χ2n) is 4.17. The minimum Gasteiger partial charge on any atom is -0.388 e. The summed E-state index contributed by atoms with van der Waals surface area (Å²) in [5, 5.41) is 10.0. The smallest absolute Gasteiger partial charge is 0.0808 e. The third kappa shape index (κ3) is 3.36. The predicted molar refractivity (Wildman–Crippen MR) is 66.5 cm³/mol. The lowest BCUT2D eigenvalue weighted by Gasteiger charge is -2.10. The molecule has 2 aromatic rings. The first-order valence-corrected chi connectivity index (χ1v) is 5.75. The van der Waals surface area contributed by atoms with Crippen molar-refractivity contribution in [2.45, 2.75) is 25.9 Å². The second-order valence-corrected chi connectivity index (χ2v) is 4.17. The molecule has 0 saturated carbocycles. The van der Waals surface area contributed by atoms with Crippen LogP contribution in [0.4, 0.5) is 0 Å². The van der Waals surface area contributed by atoms with E-state index in [1.807, 2.05) is 31.2 Å². The van der Waals surface area contributed by atoms with Crippen LogP contribution in [0.5, 0.6) is 0 Å². The number of pyridine rings is 2. The molecular formula is C14H16N2O. The van der Waals surface area contributed by atoms with Crippen molar-refractivity contribution in [1.82, 2.24) is 9.97 Å². The van der Waals surface area contributed by atoms with E-state index in [9.17, 15) is 5.11 Å². The van der Waals surface area contributed by atoms with Crippen LogP contribution >= 0.6 is 0 Å². The summed E-state index contributed by atoms with van der Waals surface area (Å²) in [6, 6.07) is 7.80. The van der Waals surface area contributed by atoms with E-state index in [0.29, 0.717) is 6.42 Å². The van der Waals surface area contributed by atoms with Crippen molar-refractivity contribution >= 4 is 0 Å². The summed E-state index contributed by atoms with van der Waals surface area (Å²) in [5.74, 6) is 0. The fourth-order valence-corrected chi connectivity index (χ4v) is 1.76. The maximum Gasteiger partial charge on any atom is 0.0808 e. The molecule has 0 amide bonds. The van der Waals surface area contributed by atoms with Crippen LogP contribution in [0.2, 0.25) is 0 Å². The Hall–Kier alpha value is -1.74. The maximum atomic E-state index is 10.0. The summed E-state index contributed by atoms with van der Waals surface area (Å²) in [5.41, 5.74) is 2.95. The van der Waals surface area contributed by atoms with Gasteiger partial charge in [0.25, 0.3) is 0 Å². The number of nitrogens with zero attached hydrogens (tertiary/aromatic N) is 2. The van der Waals surface area contributed by atoms with Gasteiger partial charge in [-0.15, -0.1) is 0 Å². The first-order valence-electron chi connectivity index (χ1n) is 5.75. The average molecular weight is 228 g/mol. The highest BCUT2D eigenvalue weighted by Crippen LogP contribution is 2.18. The highest BCUT2D eigenvalue weighted by molar-refractivity contribution is 5.19. The Morgan fingerprint density at radius 3 is 2.88 bits per heavy atom. The van der Waals surface area contributed by atoms with Gasteiger partial charge in [0, 0.05) is 24.3 Å². The van der Waals surface area contributed by atoms with Gasteiger partial charge >= 0.3 is 0 Å². The van der Waals surface area contributed by atoms with Crippen molar-refractivity contribution in [1.29, 1.82) is 0 Å². The quantitative estimate of drug-likeness (QED) is 0.874. The van der Waals surface area contributed by atoms with Gasteiger partial charge in [0.1, 0.15) is 0 Å². The van der Waals surface area contributed by atoms with Gasteiger partial charge in [0.05, 0.1) is 6.10 Å². The molecule has 0 aliphatic heterocycles. The lowest BCUT2D eigenvalue weighted by molar-refractivity contribution is 0.167. The van der Waals surface area contributed by atoms with E-state index in [1.54, 1.807) is 18.6 Å². The zero-order valence-electron chi connectivity index (χ0n) is 9.87. The number of rotatable bonds is 4. The molecule has 2 heterocycles. The standard InChI is InChI=1S/C14H16N2O/c1-11-8-12(10-15-9-11)14(17)6-5-13-4-2-3-7-16-13/h2-4,7-10,14,17H,5-6H2,1H3. The fraction of sp³-hybridized carbons (Fsp3) is 0.286. The minimum absolute atomic E-state index is 0.468.